The molecule has 1 aliphatic heterocycles. The van der Waals surface area contributed by atoms with E-state index in [2.05, 4.69) is 10.2 Å². The fraction of sp³-hybridized carbons (Fsp3) is 0.739. The molecule has 34 heavy (non-hydrogen) atoms. The van der Waals surface area contributed by atoms with Gasteiger partial charge in [-0.1, -0.05) is 5.06 Å². The molecule has 0 saturated carbocycles. The monoisotopic (exact) mass is 486 g/mol. The van der Waals surface area contributed by atoms with Gasteiger partial charge in [-0.05, 0) is 38.5 Å². The summed E-state index contributed by atoms with van der Waals surface area (Å²) in [5, 5.41) is 3.08. The Labute approximate surface area is 201 Å². The van der Waals surface area contributed by atoms with Crippen LogP contribution in [0, 0.1) is 0 Å². The largest absolute Gasteiger partial charge is 0.385 e. The maximum Gasteiger partial charge on any atom is 0.333 e. The third-order valence-corrected chi connectivity index (χ3v) is 4.81. The molecule has 3 amide bonds. The van der Waals surface area contributed by atoms with Gasteiger partial charge in [0.05, 0.1) is 6.42 Å². The number of carbonyl (C=O) groups is 4. The number of carbonyl (C=O) groups excluding carboxylic acids is 4. The number of imide groups is 1. The first-order valence-electron chi connectivity index (χ1n) is 11.7. The Morgan fingerprint density at radius 3 is 1.88 bits per heavy atom. The highest BCUT2D eigenvalue weighted by molar-refractivity contribution is 6.12. The van der Waals surface area contributed by atoms with Crippen molar-refractivity contribution in [3.63, 3.8) is 0 Å². The van der Waals surface area contributed by atoms with E-state index in [1.54, 1.807) is 14.2 Å². The minimum atomic E-state index is -0.841. The van der Waals surface area contributed by atoms with Crippen molar-refractivity contribution in [3.05, 3.63) is 12.2 Å². The summed E-state index contributed by atoms with van der Waals surface area (Å²) in [7, 11) is 3.36. The third kappa shape index (κ3) is 14.0. The SMILES string of the molecule is COCCCCCOC(CCNC(=O)CCC(=O)ON1C(=O)C=CC1=O)OCCCCCOC. The third-order valence-electron chi connectivity index (χ3n) is 4.81. The molecule has 1 N–H and O–H groups in total. The van der Waals surface area contributed by atoms with E-state index in [0.717, 1.165) is 63.9 Å². The fourth-order valence-electron chi connectivity index (χ4n) is 2.95. The molecule has 0 aliphatic carbocycles. The number of hydrogen-bond donors (Lipinski definition) is 1. The molecule has 0 atom stereocenters. The first kappa shape index (κ1) is 29.7. The van der Waals surface area contributed by atoms with Crippen molar-refractivity contribution < 1.29 is 43.0 Å². The van der Waals surface area contributed by atoms with Gasteiger partial charge in [0.2, 0.25) is 5.91 Å². The van der Waals surface area contributed by atoms with Crippen LogP contribution in [0.2, 0.25) is 0 Å². The van der Waals surface area contributed by atoms with Gasteiger partial charge in [-0.25, -0.2) is 4.79 Å². The van der Waals surface area contributed by atoms with Crippen molar-refractivity contribution in [3.8, 4) is 0 Å². The molecule has 0 aromatic rings. The van der Waals surface area contributed by atoms with Gasteiger partial charge in [0.1, 0.15) is 0 Å². The molecule has 1 heterocycles. The predicted molar refractivity (Wildman–Crippen MR) is 121 cm³/mol. The molecule has 1 rings (SSSR count). The van der Waals surface area contributed by atoms with E-state index in [1.165, 1.54) is 0 Å². The molecule has 194 valence electrons. The number of ether oxygens (including phenoxy) is 4. The Balaban J connectivity index is 2.25. The molecule has 0 spiro atoms. The molecule has 0 aromatic carbocycles. The normalized spacial score (nSPS) is 13.2. The maximum absolute atomic E-state index is 12.0. The van der Waals surface area contributed by atoms with Gasteiger partial charge in [0, 0.05) is 72.2 Å². The predicted octanol–water partition coefficient (Wildman–Crippen LogP) is 1.65. The summed E-state index contributed by atoms with van der Waals surface area (Å²) in [5.41, 5.74) is 0. The van der Waals surface area contributed by atoms with Crippen molar-refractivity contribution in [2.24, 2.45) is 0 Å². The van der Waals surface area contributed by atoms with Crippen LogP contribution in [0.1, 0.15) is 57.8 Å². The van der Waals surface area contributed by atoms with E-state index < -0.39 is 24.1 Å². The quantitative estimate of drug-likeness (QED) is 0.146. The van der Waals surface area contributed by atoms with Gasteiger partial charge in [0.15, 0.2) is 6.29 Å². The zero-order valence-corrected chi connectivity index (χ0v) is 20.3. The van der Waals surface area contributed by atoms with Crippen molar-refractivity contribution in [2.75, 3.05) is 47.2 Å². The molecule has 0 fully saturated rings. The van der Waals surface area contributed by atoms with Gasteiger partial charge in [-0.15, -0.1) is 0 Å². The van der Waals surface area contributed by atoms with E-state index in [1.807, 2.05) is 0 Å². The Kier molecular flexibility index (Phi) is 16.6. The second kappa shape index (κ2) is 19.0. The minimum absolute atomic E-state index is 0.131. The van der Waals surface area contributed by atoms with Gasteiger partial charge in [-0.2, -0.15) is 0 Å². The summed E-state index contributed by atoms with van der Waals surface area (Å²) in [6.45, 7) is 2.88. The van der Waals surface area contributed by atoms with Crippen LogP contribution in [-0.2, 0) is 43.0 Å². The summed E-state index contributed by atoms with van der Waals surface area (Å²) < 4.78 is 21.7. The smallest absolute Gasteiger partial charge is 0.333 e. The lowest BCUT2D eigenvalue weighted by atomic mass is 10.2. The van der Waals surface area contributed by atoms with Gasteiger partial charge < -0.3 is 29.1 Å². The summed E-state index contributed by atoms with van der Waals surface area (Å²) >= 11 is 0. The average Bonchev–Trinajstić information content (AvgIpc) is 3.13. The number of methoxy groups -OCH3 is 2. The summed E-state index contributed by atoms with van der Waals surface area (Å²) in [6.07, 6.45) is 7.36. The number of hydroxylamine groups is 2. The zero-order valence-electron chi connectivity index (χ0n) is 20.3. The Bertz CT molecular complexity index is 620. The highest BCUT2D eigenvalue weighted by atomic mass is 16.7. The van der Waals surface area contributed by atoms with Crippen LogP contribution >= 0.6 is 0 Å². The van der Waals surface area contributed by atoms with Gasteiger partial charge in [0.25, 0.3) is 11.8 Å². The van der Waals surface area contributed by atoms with Crippen LogP contribution in [0.15, 0.2) is 12.2 Å². The Hall–Kier alpha value is -2.34. The van der Waals surface area contributed by atoms with E-state index in [-0.39, 0.29) is 18.7 Å². The van der Waals surface area contributed by atoms with Crippen LogP contribution in [-0.4, -0.2) is 82.2 Å². The minimum Gasteiger partial charge on any atom is -0.385 e. The topological polar surface area (TPSA) is 130 Å². The highest BCUT2D eigenvalue weighted by Crippen LogP contribution is 2.08. The fourth-order valence-corrected chi connectivity index (χ4v) is 2.95. The molecule has 0 saturated heterocycles. The number of rotatable bonds is 21. The van der Waals surface area contributed by atoms with Crippen LogP contribution in [0.25, 0.3) is 0 Å². The van der Waals surface area contributed by atoms with Crippen molar-refractivity contribution in [1.82, 2.24) is 10.4 Å². The number of nitrogens with zero attached hydrogens (tertiary/aromatic N) is 1. The summed E-state index contributed by atoms with van der Waals surface area (Å²) in [6, 6.07) is 0. The standard InChI is InChI=1S/C23H38N2O9/c1-30-15-5-3-7-17-32-23(33-18-8-4-6-16-31-2)13-14-24-19(26)9-12-22(29)34-25-20(27)10-11-21(25)28/h10-11,23H,3-9,12-18H2,1-2H3,(H,24,26). The lowest BCUT2D eigenvalue weighted by Crippen LogP contribution is -2.33. The van der Waals surface area contributed by atoms with Crippen molar-refractivity contribution >= 4 is 23.7 Å². The molecule has 0 radical (unpaired) electrons. The van der Waals surface area contributed by atoms with E-state index >= 15 is 0 Å². The second-order valence-electron chi connectivity index (χ2n) is 7.68. The van der Waals surface area contributed by atoms with Gasteiger partial charge in [-0.3, -0.25) is 14.4 Å². The van der Waals surface area contributed by atoms with E-state index in [0.29, 0.717) is 31.2 Å². The maximum atomic E-state index is 12.0. The highest BCUT2D eigenvalue weighted by Gasteiger charge is 2.27. The molecular weight excluding hydrogens is 448 g/mol. The lowest BCUT2D eigenvalue weighted by molar-refractivity contribution is -0.196. The number of nitrogens with one attached hydrogen (secondary N) is 1. The molecule has 0 bridgehead atoms. The van der Waals surface area contributed by atoms with Crippen LogP contribution in [0.3, 0.4) is 0 Å². The first-order valence-corrected chi connectivity index (χ1v) is 11.7. The number of hydrogen-bond acceptors (Lipinski definition) is 9. The van der Waals surface area contributed by atoms with Crippen LogP contribution < -0.4 is 5.32 Å². The average molecular weight is 487 g/mol. The summed E-state index contributed by atoms with van der Waals surface area (Å²) in [5.74, 6) is -2.66. The molecule has 0 aromatic heterocycles. The molecular formula is C23H38N2O9. The summed E-state index contributed by atoms with van der Waals surface area (Å²) in [4.78, 5) is 51.2. The van der Waals surface area contributed by atoms with Crippen LogP contribution in [0.4, 0.5) is 0 Å². The molecule has 1 aliphatic rings. The van der Waals surface area contributed by atoms with Crippen molar-refractivity contribution in [1.29, 1.82) is 0 Å². The number of amides is 3. The molecule has 11 heteroatoms. The second-order valence-corrected chi connectivity index (χ2v) is 7.68. The first-order chi connectivity index (χ1) is 16.5. The molecule has 0 unspecified atom stereocenters. The van der Waals surface area contributed by atoms with E-state index in [4.69, 9.17) is 18.9 Å². The number of unbranched alkanes of at least 4 members (excludes halogenated alkanes) is 4. The van der Waals surface area contributed by atoms with E-state index in [9.17, 15) is 19.2 Å². The van der Waals surface area contributed by atoms with Crippen LogP contribution in [0.5, 0.6) is 0 Å². The lowest BCUT2D eigenvalue weighted by Gasteiger charge is -2.19. The Morgan fingerprint density at radius 2 is 1.35 bits per heavy atom. The zero-order chi connectivity index (χ0) is 25.0. The van der Waals surface area contributed by atoms with Gasteiger partial charge >= 0.3 is 5.97 Å². The van der Waals surface area contributed by atoms with Crippen molar-refractivity contribution in [2.45, 2.75) is 64.1 Å². The molecule has 11 nitrogen and oxygen atoms in total. The Morgan fingerprint density at radius 1 is 0.824 bits per heavy atom.